The molecule has 0 aliphatic rings. The van der Waals surface area contributed by atoms with Gasteiger partial charge in [-0.05, 0) is 34.4 Å². The zero-order valence-electron chi connectivity index (χ0n) is 12.1. The lowest BCUT2D eigenvalue weighted by Gasteiger charge is -2.08. The Balaban J connectivity index is 1.92. The minimum absolute atomic E-state index is 0.122. The molecule has 2 rings (SSSR count). The molecular weight excluding hydrogens is 280 g/mol. The van der Waals surface area contributed by atoms with Gasteiger partial charge in [-0.2, -0.15) is 0 Å². The second kappa shape index (κ2) is 8.12. The number of benzene rings is 2. The summed E-state index contributed by atoms with van der Waals surface area (Å²) in [6.45, 7) is -0.169. The fourth-order valence-electron chi connectivity index (χ4n) is 2.00. The van der Waals surface area contributed by atoms with Crippen molar-refractivity contribution < 1.29 is 19.7 Å². The number of hydrogen-bond donors (Lipinski definition) is 2. The fraction of sp³-hybridized carbons (Fsp3) is 0.167. The number of esters is 1. The standard InChI is InChI=1S/C18H18O4/c19-11-16-8-6-15(10-17(16)12-20)13-22-18(21)9-7-14-4-2-1-3-5-14/h1-10,19-20H,11-13H2/b9-7+. The van der Waals surface area contributed by atoms with Gasteiger partial charge in [-0.3, -0.25) is 0 Å². The predicted octanol–water partition coefficient (Wildman–Crippen LogP) is 2.43. The van der Waals surface area contributed by atoms with Gasteiger partial charge in [-0.15, -0.1) is 0 Å². The Labute approximate surface area is 129 Å². The van der Waals surface area contributed by atoms with Gasteiger partial charge in [-0.1, -0.05) is 42.5 Å². The molecule has 2 aromatic rings. The lowest BCUT2D eigenvalue weighted by atomic mass is 10.1. The van der Waals surface area contributed by atoms with Gasteiger partial charge < -0.3 is 14.9 Å². The average Bonchev–Trinajstić information content (AvgIpc) is 2.58. The van der Waals surface area contributed by atoms with Crippen LogP contribution in [-0.4, -0.2) is 16.2 Å². The smallest absolute Gasteiger partial charge is 0.331 e. The van der Waals surface area contributed by atoms with Gasteiger partial charge in [0.25, 0.3) is 0 Å². The number of aliphatic hydroxyl groups is 2. The summed E-state index contributed by atoms with van der Waals surface area (Å²) in [5, 5.41) is 18.4. The maximum atomic E-state index is 11.7. The second-order valence-corrected chi connectivity index (χ2v) is 4.77. The molecule has 114 valence electrons. The minimum atomic E-state index is -0.430. The summed E-state index contributed by atoms with van der Waals surface area (Å²) in [5.74, 6) is -0.430. The maximum absolute atomic E-state index is 11.7. The van der Waals surface area contributed by atoms with E-state index >= 15 is 0 Å². The first-order valence-electron chi connectivity index (χ1n) is 6.95. The molecule has 0 saturated heterocycles. The van der Waals surface area contributed by atoms with E-state index in [-0.39, 0.29) is 19.8 Å². The third-order valence-corrected chi connectivity index (χ3v) is 3.20. The van der Waals surface area contributed by atoms with Crippen LogP contribution in [0.15, 0.2) is 54.6 Å². The van der Waals surface area contributed by atoms with E-state index in [9.17, 15) is 9.90 Å². The molecule has 0 bridgehead atoms. The summed E-state index contributed by atoms with van der Waals surface area (Å²) in [6, 6.07) is 14.7. The Kier molecular flexibility index (Phi) is 5.89. The van der Waals surface area contributed by atoms with Crippen molar-refractivity contribution in [3.63, 3.8) is 0 Å². The number of carbonyl (C=O) groups excluding carboxylic acids is 1. The van der Waals surface area contributed by atoms with E-state index in [1.165, 1.54) is 6.08 Å². The van der Waals surface area contributed by atoms with E-state index in [2.05, 4.69) is 0 Å². The summed E-state index contributed by atoms with van der Waals surface area (Å²) in [6.07, 6.45) is 3.07. The number of carbonyl (C=O) groups is 1. The summed E-state index contributed by atoms with van der Waals surface area (Å²) >= 11 is 0. The molecule has 0 spiro atoms. The molecule has 2 aromatic carbocycles. The van der Waals surface area contributed by atoms with Gasteiger partial charge in [-0.25, -0.2) is 4.79 Å². The van der Waals surface area contributed by atoms with Crippen LogP contribution in [0.3, 0.4) is 0 Å². The number of hydrogen-bond acceptors (Lipinski definition) is 4. The fourth-order valence-corrected chi connectivity index (χ4v) is 2.00. The lowest BCUT2D eigenvalue weighted by molar-refractivity contribution is -0.138. The highest BCUT2D eigenvalue weighted by molar-refractivity contribution is 5.87. The van der Waals surface area contributed by atoms with Crippen LogP contribution in [0.5, 0.6) is 0 Å². The summed E-state index contributed by atoms with van der Waals surface area (Å²) in [5.41, 5.74) is 2.99. The largest absolute Gasteiger partial charge is 0.458 e. The van der Waals surface area contributed by atoms with Crippen LogP contribution in [0.1, 0.15) is 22.3 Å². The zero-order chi connectivity index (χ0) is 15.8. The van der Waals surface area contributed by atoms with Crippen LogP contribution in [0, 0.1) is 0 Å². The first-order chi connectivity index (χ1) is 10.7. The number of ether oxygens (including phenoxy) is 1. The van der Waals surface area contributed by atoms with Crippen molar-refractivity contribution in [3.05, 3.63) is 76.9 Å². The lowest BCUT2D eigenvalue weighted by Crippen LogP contribution is -2.02. The van der Waals surface area contributed by atoms with Gasteiger partial charge in [0, 0.05) is 6.08 Å². The van der Waals surface area contributed by atoms with Crippen LogP contribution in [-0.2, 0) is 29.4 Å². The molecule has 22 heavy (non-hydrogen) atoms. The molecule has 0 heterocycles. The van der Waals surface area contributed by atoms with Crippen LogP contribution in [0.2, 0.25) is 0 Å². The Morgan fingerprint density at radius 3 is 2.41 bits per heavy atom. The average molecular weight is 298 g/mol. The molecule has 0 saturated carbocycles. The molecule has 0 radical (unpaired) electrons. The highest BCUT2D eigenvalue weighted by Crippen LogP contribution is 2.13. The third-order valence-electron chi connectivity index (χ3n) is 3.20. The zero-order valence-corrected chi connectivity index (χ0v) is 12.1. The van der Waals surface area contributed by atoms with E-state index < -0.39 is 5.97 Å². The first-order valence-corrected chi connectivity index (χ1v) is 6.95. The van der Waals surface area contributed by atoms with Crippen molar-refractivity contribution in [2.45, 2.75) is 19.8 Å². The van der Waals surface area contributed by atoms with Crippen molar-refractivity contribution >= 4 is 12.0 Å². The molecule has 0 aliphatic heterocycles. The second-order valence-electron chi connectivity index (χ2n) is 4.77. The van der Waals surface area contributed by atoms with E-state index in [1.807, 2.05) is 30.3 Å². The molecule has 2 N–H and O–H groups in total. The number of rotatable bonds is 6. The van der Waals surface area contributed by atoms with E-state index in [1.54, 1.807) is 24.3 Å². The SMILES string of the molecule is O=C(/C=C/c1ccccc1)OCc1ccc(CO)c(CO)c1. The van der Waals surface area contributed by atoms with E-state index in [0.29, 0.717) is 11.1 Å². The van der Waals surface area contributed by atoms with Gasteiger partial charge in [0.05, 0.1) is 13.2 Å². The van der Waals surface area contributed by atoms with Gasteiger partial charge in [0.15, 0.2) is 0 Å². The van der Waals surface area contributed by atoms with Crippen LogP contribution in [0.4, 0.5) is 0 Å². The predicted molar refractivity (Wildman–Crippen MR) is 83.6 cm³/mol. The van der Waals surface area contributed by atoms with Gasteiger partial charge >= 0.3 is 5.97 Å². The molecular formula is C18H18O4. The normalized spacial score (nSPS) is 10.8. The molecule has 0 unspecified atom stereocenters. The molecule has 0 atom stereocenters. The highest BCUT2D eigenvalue weighted by Gasteiger charge is 2.04. The summed E-state index contributed by atoms with van der Waals surface area (Å²) < 4.78 is 5.15. The highest BCUT2D eigenvalue weighted by atomic mass is 16.5. The molecule has 0 fully saturated rings. The Hall–Kier alpha value is -2.43. The third kappa shape index (κ3) is 4.55. The van der Waals surface area contributed by atoms with E-state index in [0.717, 1.165) is 11.1 Å². The molecule has 4 heteroatoms. The van der Waals surface area contributed by atoms with E-state index in [4.69, 9.17) is 9.84 Å². The minimum Gasteiger partial charge on any atom is -0.458 e. The van der Waals surface area contributed by atoms with Crippen molar-refractivity contribution in [1.29, 1.82) is 0 Å². The van der Waals surface area contributed by atoms with Gasteiger partial charge in [0.1, 0.15) is 6.61 Å². The van der Waals surface area contributed by atoms with Crippen molar-refractivity contribution in [2.24, 2.45) is 0 Å². The van der Waals surface area contributed by atoms with Crippen LogP contribution in [0.25, 0.3) is 6.08 Å². The monoisotopic (exact) mass is 298 g/mol. The van der Waals surface area contributed by atoms with Crippen LogP contribution < -0.4 is 0 Å². The first kappa shape index (κ1) is 15.9. The quantitative estimate of drug-likeness (QED) is 0.635. The van der Waals surface area contributed by atoms with Crippen molar-refractivity contribution in [3.8, 4) is 0 Å². The molecule has 0 aromatic heterocycles. The Morgan fingerprint density at radius 2 is 1.73 bits per heavy atom. The summed E-state index contributed by atoms with van der Waals surface area (Å²) in [7, 11) is 0. The molecule has 0 aliphatic carbocycles. The number of aliphatic hydroxyl groups excluding tert-OH is 2. The van der Waals surface area contributed by atoms with Crippen molar-refractivity contribution in [2.75, 3.05) is 0 Å². The Morgan fingerprint density at radius 1 is 1.00 bits per heavy atom. The Bertz CT molecular complexity index is 647. The molecule has 0 amide bonds. The van der Waals surface area contributed by atoms with Gasteiger partial charge in [0.2, 0.25) is 0 Å². The van der Waals surface area contributed by atoms with Crippen molar-refractivity contribution in [1.82, 2.24) is 0 Å². The molecule has 4 nitrogen and oxygen atoms in total. The van der Waals surface area contributed by atoms with Crippen LogP contribution >= 0.6 is 0 Å². The summed E-state index contributed by atoms with van der Waals surface area (Å²) in [4.78, 5) is 11.7. The topological polar surface area (TPSA) is 66.8 Å². The maximum Gasteiger partial charge on any atom is 0.331 e.